The van der Waals surface area contributed by atoms with Crippen molar-refractivity contribution in [2.24, 2.45) is 12.8 Å². The first-order valence-corrected chi connectivity index (χ1v) is 8.00. The van der Waals surface area contributed by atoms with Gasteiger partial charge in [0.25, 0.3) is 0 Å². The number of rotatable bonds is 10. The molecule has 0 aliphatic heterocycles. The van der Waals surface area contributed by atoms with Gasteiger partial charge < -0.3 is 11.1 Å². The number of thioether (sulfide) groups is 1. The summed E-state index contributed by atoms with van der Waals surface area (Å²) in [5.74, 6) is 0.696. The predicted octanol–water partition coefficient (Wildman–Crippen LogP) is 1.32. The molecule has 1 aromatic rings. The first kappa shape index (κ1) is 17.0. The van der Waals surface area contributed by atoms with E-state index in [1.54, 1.807) is 22.8 Å². The molecule has 1 heterocycles. The quantitative estimate of drug-likeness (QED) is 0.503. The van der Waals surface area contributed by atoms with Crippen LogP contribution < -0.4 is 11.1 Å². The van der Waals surface area contributed by atoms with Crippen molar-refractivity contribution in [2.45, 2.75) is 50.2 Å². The molecule has 0 radical (unpaired) electrons. The van der Waals surface area contributed by atoms with Gasteiger partial charge >= 0.3 is 0 Å². The van der Waals surface area contributed by atoms with Crippen LogP contribution in [0.25, 0.3) is 0 Å². The minimum absolute atomic E-state index is 0.271. The Hall–Kier alpha value is -1.08. The molecule has 0 aromatic carbocycles. The highest BCUT2D eigenvalue weighted by Gasteiger charge is 2.29. The van der Waals surface area contributed by atoms with Crippen molar-refractivity contribution in [1.82, 2.24) is 20.1 Å². The molecule has 20 heavy (non-hydrogen) atoms. The molecular weight excluding hydrogens is 274 g/mol. The molecule has 0 bridgehead atoms. The standard InChI is InChI=1S/C13H25N5OS/c1-4-8-16-13(2,11(14)19)7-5-6-9-20-12-15-10-17-18(12)3/h10,16H,4-9H2,1-3H3,(H2,14,19). The molecule has 0 saturated carbocycles. The van der Waals surface area contributed by atoms with E-state index in [4.69, 9.17) is 5.73 Å². The fourth-order valence-corrected chi connectivity index (χ4v) is 2.75. The lowest BCUT2D eigenvalue weighted by molar-refractivity contribution is -0.124. The zero-order valence-electron chi connectivity index (χ0n) is 12.6. The molecule has 6 nitrogen and oxygen atoms in total. The van der Waals surface area contributed by atoms with Crippen LogP contribution >= 0.6 is 11.8 Å². The first-order valence-electron chi connectivity index (χ1n) is 7.01. The number of hydrogen-bond acceptors (Lipinski definition) is 5. The Balaban J connectivity index is 2.27. The Kier molecular flexibility index (Phi) is 7.01. The highest BCUT2D eigenvalue weighted by atomic mass is 32.2. The van der Waals surface area contributed by atoms with Gasteiger partial charge in [0.05, 0.1) is 5.54 Å². The number of nitrogens with zero attached hydrogens (tertiary/aromatic N) is 3. The molecule has 7 heteroatoms. The Morgan fingerprint density at radius 1 is 1.55 bits per heavy atom. The van der Waals surface area contributed by atoms with Gasteiger partial charge in [-0.2, -0.15) is 5.10 Å². The third-order valence-electron chi connectivity index (χ3n) is 3.28. The van der Waals surface area contributed by atoms with E-state index in [0.717, 1.165) is 43.1 Å². The maximum atomic E-state index is 11.6. The van der Waals surface area contributed by atoms with E-state index >= 15 is 0 Å². The highest BCUT2D eigenvalue weighted by Crippen LogP contribution is 2.18. The molecule has 3 N–H and O–H groups in total. The highest BCUT2D eigenvalue weighted by molar-refractivity contribution is 7.99. The van der Waals surface area contributed by atoms with E-state index in [1.165, 1.54) is 0 Å². The van der Waals surface area contributed by atoms with Gasteiger partial charge in [0.15, 0.2) is 5.16 Å². The Labute approximate surface area is 124 Å². The number of hydrogen-bond donors (Lipinski definition) is 2. The van der Waals surface area contributed by atoms with Crippen molar-refractivity contribution < 1.29 is 4.79 Å². The van der Waals surface area contributed by atoms with Crippen molar-refractivity contribution in [3.05, 3.63) is 6.33 Å². The molecule has 1 rings (SSSR count). The van der Waals surface area contributed by atoms with E-state index in [-0.39, 0.29) is 5.91 Å². The van der Waals surface area contributed by atoms with Crippen molar-refractivity contribution in [3.8, 4) is 0 Å². The van der Waals surface area contributed by atoms with Crippen LogP contribution in [0.5, 0.6) is 0 Å². The average Bonchev–Trinajstić information content (AvgIpc) is 2.81. The largest absolute Gasteiger partial charge is 0.368 e. The zero-order valence-corrected chi connectivity index (χ0v) is 13.4. The number of carbonyl (C=O) groups is 1. The summed E-state index contributed by atoms with van der Waals surface area (Å²) in [5.41, 5.74) is 4.90. The van der Waals surface area contributed by atoms with Gasteiger partial charge in [0.1, 0.15) is 6.33 Å². The molecule has 0 aliphatic rings. The Bertz CT molecular complexity index is 423. The average molecular weight is 299 g/mol. The first-order chi connectivity index (χ1) is 9.49. The number of unbranched alkanes of at least 4 members (excludes halogenated alkanes) is 1. The number of nitrogens with one attached hydrogen (secondary N) is 1. The molecular formula is C13H25N5OS. The van der Waals surface area contributed by atoms with Crippen molar-refractivity contribution >= 4 is 17.7 Å². The third-order valence-corrected chi connectivity index (χ3v) is 4.40. The van der Waals surface area contributed by atoms with Crippen LogP contribution in [-0.2, 0) is 11.8 Å². The number of carbonyl (C=O) groups excluding carboxylic acids is 1. The maximum Gasteiger partial charge on any atom is 0.237 e. The van der Waals surface area contributed by atoms with E-state index in [1.807, 2.05) is 14.0 Å². The van der Waals surface area contributed by atoms with Gasteiger partial charge in [-0.1, -0.05) is 25.1 Å². The second-order valence-electron chi connectivity index (χ2n) is 5.09. The van der Waals surface area contributed by atoms with Crippen LogP contribution in [-0.4, -0.2) is 38.5 Å². The van der Waals surface area contributed by atoms with Crippen LogP contribution in [0.1, 0.15) is 39.5 Å². The SMILES string of the molecule is CCCNC(C)(CCCCSc1ncnn1C)C(N)=O. The van der Waals surface area contributed by atoms with Gasteiger partial charge in [-0.25, -0.2) is 9.67 Å². The summed E-state index contributed by atoms with van der Waals surface area (Å²) >= 11 is 1.68. The molecule has 0 fully saturated rings. The summed E-state index contributed by atoms with van der Waals surface area (Å²) in [6, 6.07) is 0. The van der Waals surface area contributed by atoms with Crippen molar-refractivity contribution in [2.75, 3.05) is 12.3 Å². The van der Waals surface area contributed by atoms with Crippen LogP contribution in [0.4, 0.5) is 0 Å². The van der Waals surface area contributed by atoms with Gasteiger partial charge in [-0.05, 0) is 32.7 Å². The summed E-state index contributed by atoms with van der Waals surface area (Å²) in [5, 5.41) is 8.20. The lowest BCUT2D eigenvalue weighted by atomic mass is 9.94. The van der Waals surface area contributed by atoms with Gasteiger partial charge in [0.2, 0.25) is 5.91 Å². The monoisotopic (exact) mass is 299 g/mol. The molecule has 1 aromatic heterocycles. The van der Waals surface area contributed by atoms with Gasteiger partial charge in [0, 0.05) is 12.8 Å². The second-order valence-corrected chi connectivity index (χ2v) is 6.16. The molecule has 0 spiro atoms. The van der Waals surface area contributed by atoms with Crippen LogP contribution in [0.3, 0.4) is 0 Å². The molecule has 1 atom stereocenters. The summed E-state index contributed by atoms with van der Waals surface area (Å²) in [7, 11) is 1.88. The topological polar surface area (TPSA) is 85.8 Å². The normalized spacial score (nSPS) is 14.2. The lowest BCUT2D eigenvalue weighted by Crippen LogP contribution is -2.53. The van der Waals surface area contributed by atoms with Crippen LogP contribution in [0, 0.1) is 0 Å². The summed E-state index contributed by atoms with van der Waals surface area (Å²) < 4.78 is 1.76. The van der Waals surface area contributed by atoms with E-state index < -0.39 is 5.54 Å². The minimum Gasteiger partial charge on any atom is -0.368 e. The van der Waals surface area contributed by atoms with Crippen molar-refractivity contribution in [3.63, 3.8) is 0 Å². The molecule has 1 unspecified atom stereocenters. The fourth-order valence-electron chi connectivity index (χ4n) is 1.86. The maximum absolute atomic E-state index is 11.6. The predicted molar refractivity (Wildman–Crippen MR) is 81.5 cm³/mol. The number of amides is 1. The Morgan fingerprint density at radius 3 is 2.85 bits per heavy atom. The van der Waals surface area contributed by atoms with Crippen LogP contribution in [0.15, 0.2) is 11.5 Å². The lowest BCUT2D eigenvalue weighted by Gasteiger charge is -2.27. The number of primary amides is 1. The summed E-state index contributed by atoms with van der Waals surface area (Å²) in [6.45, 7) is 4.78. The van der Waals surface area contributed by atoms with E-state index in [9.17, 15) is 4.79 Å². The molecule has 0 aliphatic carbocycles. The number of nitrogens with two attached hydrogens (primary N) is 1. The zero-order chi connectivity index (χ0) is 15.0. The smallest absolute Gasteiger partial charge is 0.237 e. The molecule has 0 saturated heterocycles. The third kappa shape index (κ3) is 5.13. The second kappa shape index (κ2) is 8.26. The van der Waals surface area contributed by atoms with Crippen molar-refractivity contribution in [1.29, 1.82) is 0 Å². The molecule has 114 valence electrons. The van der Waals surface area contributed by atoms with Gasteiger partial charge in [-0.15, -0.1) is 0 Å². The van der Waals surface area contributed by atoms with E-state index in [0.29, 0.717) is 0 Å². The Morgan fingerprint density at radius 2 is 2.30 bits per heavy atom. The summed E-state index contributed by atoms with van der Waals surface area (Å²) in [4.78, 5) is 15.7. The minimum atomic E-state index is -0.592. The number of aromatic nitrogens is 3. The fraction of sp³-hybridized carbons (Fsp3) is 0.769. The molecule has 1 amide bonds. The summed E-state index contributed by atoms with van der Waals surface area (Å²) in [6.07, 6.45) is 5.29. The van der Waals surface area contributed by atoms with Crippen LogP contribution in [0.2, 0.25) is 0 Å². The van der Waals surface area contributed by atoms with E-state index in [2.05, 4.69) is 22.3 Å². The number of aryl methyl sites for hydroxylation is 1. The van der Waals surface area contributed by atoms with Gasteiger partial charge in [-0.3, -0.25) is 4.79 Å².